The number of carbonyl (C=O) groups excluding carboxylic acids is 1. The highest BCUT2D eigenvalue weighted by molar-refractivity contribution is 5.96. The standard InChI is InChI=1S/C14H14N2O3/c1-15-13(18)11-7-8-16(14(19)12(11)17)9-10-5-3-2-4-6-10/h2-8,17H,9H2,1H3,(H,15,18)/i1T. The Hall–Kier alpha value is -2.56. The summed E-state index contributed by atoms with van der Waals surface area (Å²) in [6.45, 7) is 0.313. The van der Waals surface area contributed by atoms with Gasteiger partial charge in [0, 0.05) is 14.6 Å². The zero-order valence-electron chi connectivity index (χ0n) is 11.2. The first-order valence-corrected chi connectivity index (χ1v) is 5.67. The van der Waals surface area contributed by atoms with Crippen LogP contribution in [0.4, 0.5) is 0 Å². The number of pyridine rings is 1. The van der Waals surface area contributed by atoms with Crippen LogP contribution >= 0.6 is 0 Å². The monoisotopic (exact) mass is 260 g/mol. The summed E-state index contributed by atoms with van der Waals surface area (Å²) in [6, 6.07) is 10.7. The van der Waals surface area contributed by atoms with Gasteiger partial charge in [0.15, 0.2) is 5.75 Å². The summed E-state index contributed by atoms with van der Waals surface area (Å²) < 4.78 is 8.22. The molecule has 1 amide bonds. The van der Waals surface area contributed by atoms with Crippen molar-refractivity contribution < 1.29 is 11.3 Å². The normalized spacial score (nSPS) is 10.8. The lowest BCUT2D eigenvalue weighted by Crippen LogP contribution is -2.25. The molecule has 1 heterocycles. The van der Waals surface area contributed by atoms with Gasteiger partial charge in [-0.2, -0.15) is 0 Å². The summed E-state index contributed by atoms with van der Waals surface area (Å²) in [5, 5.41) is 12.0. The van der Waals surface area contributed by atoms with Gasteiger partial charge in [0.05, 0.1) is 12.1 Å². The number of aromatic nitrogens is 1. The number of hydrogen-bond donors (Lipinski definition) is 2. The minimum atomic E-state index is -0.638. The third-order valence-electron chi connectivity index (χ3n) is 2.74. The Balaban J connectivity index is 2.32. The Labute approximate surface area is 111 Å². The van der Waals surface area contributed by atoms with Crippen molar-refractivity contribution in [2.24, 2.45) is 0 Å². The van der Waals surface area contributed by atoms with E-state index in [0.717, 1.165) is 5.56 Å². The van der Waals surface area contributed by atoms with Crippen molar-refractivity contribution in [2.75, 3.05) is 7.02 Å². The second kappa shape index (κ2) is 5.39. The first-order chi connectivity index (χ1) is 9.63. The van der Waals surface area contributed by atoms with Gasteiger partial charge in [0.25, 0.3) is 11.5 Å². The highest BCUT2D eigenvalue weighted by atomic mass is 16.3. The van der Waals surface area contributed by atoms with E-state index in [1.807, 2.05) is 30.3 Å². The molecule has 5 nitrogen and oxygen atoms in total. The van der Waals surface area contributed by atoms with Crippen LogP contribution in [0.3, 0.4) is 0 Å². The number of amides is 1. The van der Waals surface area contributed by atoms with E-state index >= 15 is 0 Å². The summed E-state index contributed by atoms with van der Waals surface area (Å²) in [5.41, 5.74) is 0.162. The van der Waals surface area contributed by atoms with Gasteiger partial charge < -0.3 is 15.0 Å². The lowest BCUT2D eigenvalue weighted by molar-refractivity contribution is 0.0960. The van der Waals surface area contributed by atoms with Gasteiger partial charge in [0.2, 0.25) is 0 Å². The number of carbonyl (C=O) groups is 1. The second-order valence-corrected chi connectivity index (χ2v) is 4.00. The van der Waals surface area contributed by atoms with Crippen molar-refractivity contribution in [1.29, 1.82) is 0 Å². The Morgan fingerprint density at radius 2 is 2.11 bits per heavy atom. The van der Waals surface area contributed by atoms with Gasteiger partial charge in [0.1, 0.15) is 0 Å². The third kappa shape index (κ3) is 2.65. The maximum absolute atomic E-state index is 12.0. The zero-order chi connectivity index (χ0) is 14.5. The molecule has 19 heavy (non-hydrogen) atoms. The van der Waals surface area contributed by atoms with Crippen LogP contribution in [0.15, 0.2) is 47.4 Å². The van der Waals surface area contributed by atoms with Crippen molar-refractivity contribution in [3.05, 3.63) is 64.1 Å². The van der Waals surface area contributed by atoms with Gasteiger partial charge in [-0.05, 0) is 11.6 Å². The Bertz CT molecular complexity index is 668. The van der Waals surface area contributed by atoms with Gasteiger partial charge >= 0.3 is 0 Å². The molecule has 2 aromatic rings. The highest BCUT2D eigenvalue weighted by Crippen LogP contribution is 2.11. The van der Waals surface area contributed by atoms with E-state index in [9.17, 15) is 14.7 Å². The molecule has 0 aliphatic carbocycles. The molecule has 98 valence electrons. The minimum Gasteiger partial charge on any atom is -0.502 e. The second-order valence-electron chi connectivity index (χ2n) is 4.00. The van der Waals surface area contributed by atoms with Crippen molar-refractivity contribution in [2.45, 2.75) is 6.54 Å². The first kappa shape index (κ1) is 11.5. The lowest BCUT2D eigenvalue weighted by Gasteiger charge is -2.08. The highest BCUT2D eigenvalue weighted by Gasteiger charge is 2.14. The fourth-order valence-electron chi connectivity index (χ4n) is 1.75. The molecule has 0 aliphatic rings. The lowest BCUT2D eigenvalue weighted by atomic mass is 10.2. The van der Waals surface area contributed by atoms with Gasteiger partial charge in [-0.3, -0.25) is 9.59 Å². The molecule has 2 N–H and O–H groups in total. The Morgan fingerprint density at radius 1 is 1.37 bits per heavy atom. The molecule has 0 saturated heterocycles. The first-order valence-electron chi connectivity index (χ1n) is 6.38. The summed E-state index contributed by atoms with van der Waals surface area (Å²) in [7, 11) is -0.314. The summed E-state index contributed by atoms with van der Waals surface area (Å²) in [5.74, 6) is -1.24. The number of hydrogen-bond acceptors (Lipinski definition) is 3. The van der Waals surface area contributed by atoms with Crippen LogP contribution in [-0.2, 0) is 6.54 Å². The van der Waals surface area contributed by atoms with Crippen molar-refractivity contribution in [1.82, 2.24) is 9.88 Å². The van der Waals surface area contributed by atoms with Crippen molar-refractivity contribution in [3.63, 3.8) is 0 Å². The molecular formula is C14H14N2O3. The topological polar surface area (TPSA) is 71.3 Å². The molecule has 0 radical (unpaired) electrons. The van der Waals surface area contributed by atoms with E-state index in [-0.39, 0.29) is 12.6 Å². The maximum Gasteiger partial charge on any atom is 0.293 e. The molecule has 0 atom stereocenters. The number of aromatic hydroxyl groups is 1. The van der Waals surface area contributed by atoms with Crippen LogP contribution in [0.2, 0.25) is 0 Å². The molecule has 0 aliphatic heterocycles. The number of rotatable bonds is 3. The fraction of sp³-hybridized carbons (Fsp3) is 0.143. The summed E-state index contributed by atoms with van der Waals surface area (Å²) in [4.78, 5) is 23.5. The third-order valence-corrected chi connectivity index (χ3v) is 2.74. The van der Waals surface area contributed by atoms with Gasteiger partial charge in [-0.25, -0.2) is 0 Å². The molecule has 1 aromatic heterocycles. The number of nitrogens with zero attached hydrogens (tertiary/aromatic N) is 1. The summed E-state index contributed by atoms with van der Waals surface area (Å²) >= 11 is 0. The molecular weight excluding hydrogens is 244 g/mol. The van der Waals surface area contributed by atoms with E-state index in [4.69, 9.17) is 1.37 Å². The van der Waals surface area contributed by atoms with Crippen LogP contribution in [0.25, 0.3) is 0 Å². The summed E-state index contributed by atoms with van der Waals surface area (Å²) in [6.07, 6.45) is 1.45. The largest absolute Gasteiger partial charge is 0.502 e. The van der Waals surface area contributed by atoms with Crippen LogP contribution in [-0.4, -0.2) is 22.6 Å². The molecule has 1 aromatic carbocycles. The predicted molar refractivity (Wildman–Crippen MR) is 71.3 cm³/mol. The van der Waals surface area contributed by atoms with Crippen LogP contribution in [0.5, 0.6) is 5.75 Å². The smallest absolute Gasteiger partial charge is 0.293 e. The van der Waals surface area contributed by atoms with E-state index < -0.39 is 17.2 Å². The van der Waals surface area contributed by atoms with Crippen molar-refractivity contribution in [3.8, 4) is 5.75 Å². The predicted octanol–water partition coefficient (Wildman–Crippen LogP) is 0.962. The number of nitrogens with one attached hydrogen (secondary N) is 1. The molecule has 0 bridgehead atoms. The minimum absolute atomic E-state index is 0.119. The van der Waals surface area contributed by atoms with Gasteiger partial charge in [-0.15, -0.1) is 0 Å². The molecule has 0 fully saturated rings. The van der Waals surface area contributed by atoms with Crippen molar-refractivity contribution >= 4 is 5.91 Å². The van der Waals surface area contributed by atoms with E-state index in [0.29, 0.717) is 6.54 Å². The van der Waals surface area contributed by atoms with E-state index in [2.05, 4.69) is 5.32 Å². The SMILES string of the molecule is [3H]CNC(=O)c1ccn(Cc2ccccc2)c(=O)c1O. The molecule has 0 spiro atoms. The average molecular weight is 260 g/mol. The van der Waals surface area contributed by atoms with Crippen LogP contribution < -0.4 is 10.9 Å². The fourth-order valence-corrected chi connectivity index (χ4v) is 1.75. The van der Waals surface area contributed by atoms with Crippen LogP contribution in [0, 0.1) is 0 Å². The Morgan fingerprint density at radius 3 is 2.79 bits per heavy atom. The molecule has 2 rings (SSSR count). The van der Waals surface area contributed by atoms with E-state index in [1.54, 1.807) is 0 Å². The zero-order valence-corrected chi connectivity index (χ0v) is 10.2. The number of benzene rings is 1. The molecule has 0 unspecified atom stereocenters. The van der Waals surface area contributed by atoms with Crippen LogP contribution in [0.1, 0.15) is 17.3 Å². The maximum atomic E-state index is 12.0. The molecule has 5 heteroatoms. The van der Waals surface area contributed by atoms with Gasteiger partial charge in [-0.1, -0.05) is 30.3 Å². The Kier molecular flexibility index (Phi) is 3.27. The van der Waals surface area contributed by atoms with E-state index in [1.165, 1.54) is 16.8 Å². The quantitative estimate of drug-likeness (QED) is 0.863. The average Bonchev–Trinajstić information content (AvgIpc) is 2.45. The molecule has 0 saturated carbocycles.